The van der Waals surface area contributed by atoms with Crippen LogP contribution in [0.5, 0.6) is 0 Å². The van der Waals surface area contributed by atoms with Crippen molar-refractivity contribution >= 4 is 16.9 Å². The molecular weight excluding hydrogens is 282 g/mol. The first-order chi connectivity index (χ1) is 10.5. The highest BCUT2D eigenvalue weighted by atomic mass is 16.3. The van der Waals surface area contributed by atoms with Gasteiger partial charge in [0, 0.05) is 19.2 Å². The van der Waals surface area contributed by atoms with Gasteiger partial charge in [-0.25, -0.2) is 4.79 Å². The normalized spacial score (nSPS) is 17.5. The zero-order valence-electron chi connectivity index (χ0n) is 12.7. The molecule has 1 amide bonds. The number of aliphatic hydroxyl groups is 1. The van der Waals surface area contributed by atoms with Crippen LogP contribution in [0, 0.1) is 0 Å². The van der Waals surface area contributed by atoms with Crippen molar-refractivity contribution in [2.24, 2.45) is 7.05 Å². The highest BCUT2D eigenvalue weighted by Gasteiger charge is 2.29. The van der Waals surface area contributed by atoms with Gasteiger partial charge in [0.05, 0.1) is 16.6 Å². The second kappa shape index (κ2) is 5.61. The molecule has 1 fully saturated rings. The van der Waals surface area contributed by atoms with E-state index in [1.54, 1.807) is 25.2 Å². The zero-order valence-corrected chi connectivity index (χ0v) is 12.7. The summed E-state index contributed by atoms with van der Waals surface area (Å²) in [6.45, 7) is 0.273. The Hall–Kier alpha value is -2.08. The summed E-state index contributed by atoms with van der Waals surface area (Å²) in [6, 6.07) is 5.10. The predicted octanol–water partition coefficient (Wildman–Crippen LogP) is 1.29. The standard InChI is InChI=1S/C16H21N3O3/c1-19-13-6-5-11(9-12(13)18-15(19)21)14(20)17-10-16(22)7-3-2-4-8-16/h5-6,9,22H,2-4,7-8,10H2,1H3,(H,17,20)(H,18,21). The number of imidazole rings is 1. The first-order valence-electron chi connectivity index (χ1n) is 7.68. The van der Waals surface area contributed by atoms with Crippen LogP contribution in [0.15, 0.2) is 23.0 Å². The van der Waals surface area contributed by atoms with Crippen LogP contribution in [-0.4, -0.2) is 32.7 Å². The Morgan fingerprint density at radius 3 is 2.82 bits per heavy atom. The molecule has 0 aliphatic heterocycles. The zero-order chi connectivity index (χ0) is 15.7. The third kappa shape index (κ3) is 2.78. The largest absolute Gasteiger partial charge is 0.388 e. The van der Waals surface area contributed by atoms with E-state index in [0.717, 1.165) is 37.6 Å². The lowest BCUT2D eigenvalue weighted by atomic mass is 9.85. The van der Waals surface area contributed by atoms with Crippen molar-refractivity contribution in [3.05, 3.63) is 34.2 Å². The van der Waals surface area contributed by atoms with Crippen molar-refractivity contribution in [2.45, 2.75) is 37.7 Å². The number of hydrogen-bond donors (Lipinski definition) is 3. The molecule has 118 valence electrons. The Bertz CT molecular complexity index is 754. The van der Waals surface area contributed by atoms with Gasteiger partial charge in [0.15, 0.2) is 0 Å². The molecule has 0 unspecified atom stereocenters. The number of aromatic amines is 1. The summed E-state index contributed by atoms with van der Waals surface area (Å²) in [5.74, 6) is -0.231. The SMILES string of the molecule is Cn1c(=O)[nH]c2cc(C(=O)NCC3(O)CCCCC3)ccc21. The lowest BCUT2D eigenvalue weighted by Crippen LogP contribution is -2.44. The van der Waals surface area contributed by atoms with Gasteiger partial charge in [-0.15, -0.1) is 0 Å². The third-order valence-corrected chi connectivity index (χ3v) is 4.53. The number of rotatable bonds is 3. The van der Waals surface area contributed by atoms with Crippen LogP contribution in [0.2, 0.25) is 0 Å². The lowest BCUT2D eigenvalue weighted by Gasteiger charge is -2.32. The highest BCUT2D eigenvalue weighted by Crippen LogP contribution is 2.27. The van der Waals surface area contributed by atoms with Crippen molar-refractivity contribution < 1.29 is 9.90 Å². The molecule has 0 bridgehead atoms. The van der Waals surface area contributed by atoms with Crippen LogP contribution in [-0.2, 0) is 7.05 Å². The number of fused-ring (bicyclic) bond motifs is 1. The van der Waals surface area contributed by atoms with Crippen molar-refractivity contribution in [1.29, 1.82) is 0 Å². The fraction of sp³-hybridized carbons (Fsp3) is 0.500. The minimum absolute atomic E-state index is 0.205. The molecule has 0 atom stereocenters. The van der Waals surface area contributed by atoms with E-state index in [-0.39, 0.29) is 18.1 Å². The number of amides is 1. The highest BCUT2D eigenvalue weighted by molar-refractivity contribution is 5.97. The number of aryl methyl sites for hydroxylation is 1. The molecule has 6 nitrogen and oxygen atoms in total. The molecule has 1 saturated carbocycles. The van der Waals surface area contributed by atoms with E-state index in [0.29, 0.717) is 11.1 Å². The molecule has 1 aromatic carbocycles. The van der Waals surface area contributed by atoms with Crippen LogP contribution in [0.1, 0.15) is 42.5 Å². The van der Waals surface area contributed by atoms with Crippen LogP contribution >= 0.6 is 0 Å². The number of carbonyl (C=O) groups excluding carboxylic acids is 1. The Morgan fingerprint density at radius 1 is 1.36 bits per heavy atom. The van der Waals surface area contributed by atoms with E-state index in [1.807, 2.05) is 0 Å². The molecular formula is C16H21N3O3. The van der Waals surface area contributed by atoms with E-state index >= 15 is 0 Å². The number of benzene rings is 1. The molecule has 1 aromatic heterocycles. The van der Waals surface area contributed by atoms with Crippen LogP contribution in [0.25, 0.3) is 11.0 Å². The van der Waals surface area contributed by atoms with E-state index in [4.69, 9.17) is 0 Å². The van der Waals surface area contributed by atoms with E-state index in [2.05, 4.69) is 10.3 Å². The molecule has 2 aromatic rings. The fourth-order valence-electron chi connectivity index (χ4n) is 3.11. The Balaban J connectivity index is 1.73. The van der Waals surface area contributed by atoms with Crippen molar-refractivity contribution in [1.82, 2.24) is 14.9 Å². The minimum Gasteiger partial charge on any atom is -0.388 e. The molecule has 3 rings (SSSR count). The molecule has 0 saturated heterocycles. The topological polar surface area (TPSA) is 87.1 Å². The van der Waals surface area contributed by atoms with Gasteiger partial charge in [0.2, 0.25) is 0 Å². The van der Waals surface area contributed by atoms with Crippen molar-refractivity contribution in [3.63, 3.8) is 0 Å². The lowest BCUT2D eigenvalue weighted by molar-refractivity contribution is 0.00526. The predicted molar refractivity (Wildman–Crippen MR) is 83.9 cm³/mol. The summed E-state index contributed by atoms with van der Waals surface area (Å²) >= 11 is 0. The van der Waals surface area contributed by atoms with Gasteiger partial charge in [-0.1, -0.05) is 19.3 Å². The molecule has 3 N–H and O–H groups in total. The second-order valence-corrected chi connectivity index (χ2v) is 6.19. The summed E-state index contributed by atoms with van der Waals surface area (Å²) < 4.78 is 1.50. The van der Waals surface area contributed by atoms with Gasteiger partial charge < -0.3 is 15.4 Å². The van der Waals surface area contributed by atoms with E-state index in [1.165, 1.54) is 4.57 Å². The fourth-order valence-corrected chi connectivity index (χ4v) is 3.11. The third-order valence-electron chi connectivity index (χ3n) is 4.53. The van der Waals surface area contributed by atoms with Gasteiger partial charge in [0.25, 0.3) is 5.91 Å². The van der Waals surface area contributed by atoms with Crippen LogP contribution in [0.3, 0.4) is 0 Å². The number of carbonyl (C=O) groups is 1. The molecule has 6 heteroatoms. The Kier molecular flexibility index (Phi) is 3.78. The number of aromatic nitrogens is 2. The maximum Gasteiger partial charge on any atom is 0.326 e. The van der Waals surface area contributed by atoms with Gasteiger partial charge >= 0.3 is 5.69 Å². The Morgan fingerprint density at radius 2 is 2.09 bits per heavy atom. The molecule has 1 aliphatic carbocycles. The average molecular weight is 303 g/mol. The maximum atomic E-state index is 12.2. The van der Waals surface area contributed by atoms with Gasteiger partial charge in [-0.3, -0.25) is 9.36 Å². The summed E-state index contributed by atoms with van der Waals surface area (Å²) in [6.07, 6.45) is 4.62. The molecule has 0 spiro atoms. The van der Waals surface area contributed by atoms with Crippen LogP contribution < -0.4 is 11.0 Å². The van der Waals surface area contributed by atoms with Crippen LogP contribution in [0.4, 0.5) is 0 Å². The second-order valence-electron chi connectivity index (χ2n) is 6.19. The molecule has 1 aliphatic rings. The summed E-state index contributed by atoms with van der Waals surface area (Å²) in [5, 5.41) is 13.2. The number of hydrogen-bond acceptors (Lipinski definition) is 3. The van der Waals surface area contributed by atoms with E-state index < -0.39 is 5.60 Å². The summed E-state index contributed by atoms with van der Waals surface area (Å²) in [4.78, 5) is 26.5. The summed E-state index contributed by atoms with van der Waals surface area (Å²) in [7, 11) is 1.68. The number of nitrogens with zero attached hydrogens (tertiary/aromatic N) is 1. The van der Waals surface area contributed by atoms with Crippen molar-refractivity contribution in [3.8, 4) is 0 Å². The first kappa shape index (κ1) is 14.8. The summed E-state index contributed by atoms with van der Waals surface area (Å²) in [5.41, 5.74) is 0.890. The molecule has 1 heterocycles. The minimum atomic E-state index is -0.779. The smallest absolute Gasteiger partial charge is 0.326 e. The molecule has 22 heavy (non-hydrogen) atoms. The average Bonchev–Trinajstić information content (AvgIpc) is 2.80. The van der Waals surface area contributed by atoms with E-state index in [9.17, 15) is 14.7 Å². The monoisotopic (exact) mass is 303 g/mol. The maximum absolute atomic E-state index is 12.2. The first-order valence-corrected chi connectivity index (χ1v) is 7.68. The quantitative estimate of drug-likeness (QED) is 0.798. The van der Waals surface area contributed by atoms with Gasteiger partial charge in [-0.2, -0.15) is 0 Å². The van der Waals surface area contributed by atoms with Crippen molar-refractivity contribution in [2.75, 3.05) is 6.54 Å². The van der Waals surface area contributed by atoms with Gasteiger partial charge in [0.1, 0.15) is 0 Å². The number of nitrogens with one attached hydrogen (secondary N) is 2. The van der Waals surface area contributed by atoms with Gasteiger partial charge in [-0.05, 0) is 31.0 Å². The molecule has 0 radical (unpaired) electrons. The number of H-pyrrole nitrogens is 1. The Labute approximate surface area is 128 Å².